The maximum Gasteiger partial charge on any atom is 0.284 e. The Bertz CT molecular complexity index is 1030. The molecule has 0 unspecified atom stereocenters. The molecule has 1 aliphatic rings. The molecule has 0 amide bonds. The van der Waals surface area contributed by atoms with Gasteiger partial charge in [0.2, 0.25) is 5.95 Å². The lowest BCUT2D eigenvalue weighted by Gasteiger charge is -2.30. The first kappa shape index (κ1) is 19.4. The number of hydrogen-bond acceptors (Lipinski definition) is 8. The first-order valence-corrected chi connectivity index (χ1v) is 9.43. The quantitative estimate of drug-likeness (QED) is 0.525. The molecular formula is C19H24N6O4. The van der Waals surface area contributed by atoms with E-state index in [0.717, 1.165) is 18.7 Å². The molecule has 10 heteroatoms. The van der Waals surface area contributed by atoms with Crippen molar-refractivity contribution in [1.29, 1.82) is 0 Å². The van der Waals surface area contributed by atoms with Crippen molar-refractivity contribution in [2.75, 3.05) is 38.9 Å². The summed E-state index contributed by atoms with van der Waals surface area (Å²) in [7, 11) is 1.65. The standard InChI is InChI=1S/C19H24N6O4/c1-28-15-4-2-14(3-5-15)6-7-23-10-21-19-22-17-16(18(27)25(19)12-23)20-11-24(17)13-29-9-8-26/h2-5,11,26H,6-10,12-13H2,1H3,(H,21,22). The van der Waals surface area contributed by atoms with Crippen molar-refractivity contribution in [3.05, 3.63) is 46.5 Å². The third kappa shape index (κ3) is 4.09. The van der Waals surface area contributed by atoms with Crippen molar-refractivity contribution in [2.24, 2.45) is 0 Å². The Morgan fingerprint density at radius 3 is 2.86 bits per heavy atom. The van der Waals surface area contributed by atoms with Gasteiger partial charge in [-0.2, -0.15) is 4.98 Å². The summed E-state index contributed by atoms with van der Waals surface area (Å²) >= 11 is 0. The van der Waals surface area contributed by atoms with Crippen molar-refractivity contribution >= 4 is 17.1 Å². The molecule has 3 aromatic rings. The number of ether oxygens (including phenoxy) is 2. The van der Waals surface area contributed by atoms with Crippen LogP contribution in [0, 0.1) is 0 Å². The van der Waals surface area contributed by atoms with Crippen LogP contribution in [0.5, 0.6) is 5.75 Å². The number of aromatic nitrogens is 4. The maximum atomic E-state index is 12.9. The number of aliphatic hydroxyl groups is 1. The smallest absolute Gasteiger partial charge is 0.284 e. The molecule has 0 fully saturated rings. The van der Waals surface area contributed by atoms with E-state index in [1.807, 2.05) is 24.3 Å². The molecule has 0 bridgehead atoms. The number of nitrogens with zero attached hydrogens (tertiary/aromatic N) is 5. The van der Waals surface area contributed by atoms with E-state index in [9.17, 15) is 4.79 Å². The van der Waals surface area contributed by atoms with Crippen LogP contribution in [0.2, 0.25) is 0 Å². The average molecular weight is 400 g/mol. The molecule has 0 saturated carbocycles. The van der Waals surface area contributed by atoms with Crippen molar-refractivity contribution < 1.29 is 14.6 Å². The fourth-order valence-electron chi connectivity index (χ4n) is 3.28. The zero-order valence-corrected chi connectivity index (χ0v) is 16.2. The zero-order chi connectivity index (χ0) is 20.2. The number of hydrogen-bond donors (Lipinski definition) is 2. The highest BCUT2D eigenvalue weighted by atomic mass is 16.5. The molecule has 2 N–H and O–H groups in total. The van der Waals surface area contributed by atoms with E-state index in [0.29, 0.717) is 30.4 Å². The van der Waals surface area contributed by atoms with Gasteiger partial charge in [-0.15, -0.1) is 0 Å². The molecule has 0 atom stereocenters. The number of anilines is 1. The van der Waals surface area contributed by atoms with Gasteiger partial charge in [0.1, 0.15) is 12.5 Å². The summed E-state index contributed by atoms with van der Waals surface area (Å²) in [6.45, 7) is 2.18. The van der Waals surface area contributed by atoms with Gasteiger partial charge in [0, 0.05) is 6.54 Å². The number of rotatable bonds is 8. The van der Waals surface area contributed by atoms with Crippen LogP contribution in [0.25, 0.3) is 11.2 Å². The van der Waals surface area contributed by atoms with E-state index >= 15 is 0 Å². The summed E-state index contributed by atoms with van der Waals surface area (Å²) in [6.07, 6.45) is 2.39. The molecule has 1 aromatic carbocycles. The number of aliphatic hydroxyl groups excluding tert-OH is 1. The van der Waals surface area contributed by atoms with Crippen molar-refractivity contribution in [3.8, 4) is 5.75 Å². The number of imidazole rings is 1. The number of nitrogens with one attached hydrogen (secondary N) is 1. The Balaban J connectivity index is 1.47. The van der Waals surface area contributed by atoms with Gasteiger partial charge in [-0.05, 0) is 24.1 Å². The molecule has 4 rings (SSSR count). The van der Waals surface area contributed by atoms with Gasteiger partial charge in [-0.25, -0.2) is 4.98 Å². The molecule has 0 radical (unpaired) electrons. The van der Waals surface area contributed by atoms with Gasteiger partial charge in [0.25, 0.3) is 5.56 Å². The molecule has 29 heavy (non-hydrogen) atoms. The van der Waals surface area contributed by atoms with E-state index < -0.39 is 0 Å². The van der Waals surface area contributed by atoms with E-state index in [2.05, 4.69) is 20.2 Å². The monoisotopic (exact) mass is 400 g/mol. The van der Waals surface area contributed by atoms with Crippen LogP contribution in [-0.4, -0.2) is 62.6 Å². The molecule has 0 spiro atoms. The van der Waals surface area contributed by atoms with Crippen molar-refractivity contribution in [1.82, 2.24) is 24.0 Å². The largest absolute Gasteiger partial charge is 0.497 e. The second-order valence-corrected chi connectivity index (χ2v) is 6.78. The second-order valence-electron chi connectivity index (χ2n) is 6.78. The molecule has 2 aromatic heterocycles. The number of methoxy groups -OCH3 is 1. The fraction of sp³-hybridized carbons (Fsp3) is 0.421. The van der Waals surface area contributed by atoms with Gasteiger partial charge in [0.05, 0.1) is 40.0 Å². The lowest BCUT2D eigenvalue weighted by atomic mass is 10.1. The summed E-state index contributed by atoms with van der Waals surface area (Å²) in [6, 6.07) is 8.00. The number of benzene rings is 1. The Hall–Kier alpha value is -2.95. The molecule has 154 valence electrons. The predicted octanol–water partition coefficient (Wildman–Crippen LogP) is 0.453. The van der Waals surface area contributed by atoms with Crippen LogP contribution in [0.4, 0.5) is 5.95 Å². The van der Waals surface area contributed by atoms with Gasteiger partial charge < -0.3 is 19.9 Å². The minimum atomic E-state index is -0.187. The molecular weight excluding hydrogens is 376 g/mol. The van der Waals surface area contributed by atoms with Gasteiger partial charge in [0.15, 0.2) is 11.2 Å². The first-order chi connectivity index (χ1) is 14.2. The van der Waals surface area contributed by atoms with E-state index in [1.54, 1.807) is 16.2 Å². The summed E-state index contributed by atoms with van der Waals surface area (Å²) in [5, 5.41) is 12.1. The molecule has 0 saturated heterocycles. The minimum absolute atomic E-state index is 0.0635. The van der Waals surface area contributed by atoms with Crippen LogP contribution in [0.15, 0.2) is 35.4 Å². The van der Waals surface area contributed by atoms with Crippen molar-refractivity contribution in [3.63, 3.8) is 0 Å². The summed E-state index contributed by atoms with van der Waals surface area (Å²) in [4.78, 5) is 23.8. The van der Waals surface area contributed by atoms with Gasteiger partial charge in [-0.1, -0.05) is 12.1 Å². The lowest BCUT2D eigenvalue weighted by molar-refractivity contribution is 0.0499. The second kappa shape index (κ2) is 8.60. The Labute approximate surface area is 167 Å². The van der Waals surface area contributed by atoms with Gasteiger partial charge in [-0.3, -0.25) is 18.8 Å². The summed E-state index contributed by atoms with van der Waals surface area (Å²) < 4.78 is 13.8. The highest BCUT2D eigenvalue weighted by Gasteiger charge is 2.21. The Morgan fingerprint density at radius 2 is 2.10 bits per heavy atom. The first-order valence-electron chi connectivity index (χ1n) is 9.43. The zero-order valence-electron chi connectivity index (χ0n) is 16.2. The minimum Gasteiger partial charge on any atom is -0.497 e. The van der Waals surface area contributed by atoms with E-state index in [-0.39, 0.29) is 25.5 Å². The van der Waals surface area contributed by atoms with Crippen LogP contribution < -0.4 is 15.6 Å². The van der Waals surface area contributed by atoms with Gasteiger partial charge >= 0.3 is 0 Å². The highest BCUT2D eigenvalue weighted by molar-refractivity contribution is 5.71. The van der Waals surface area contributed by atoms with Crippen molar-refractivity contribution in [2.45, 2.75) is 19.8 Å². The maximum absolute atomic E-state index is 12.9. The molecule has 10 nitrogen and oxygen atoms in total. The normalized spacial score (nSPS) is 14.0. The Morgan fingerprint density at radius 1 is 1.28 bits per heavy atom. The third-order valence-electron chi connectivity index (χ3n) is 4.87. The predicted molar refractivity (Wildman–Crippen MR) is 107 cm³/mol. The van der Waals surface area contributed by atoms with Crippen LogP contribution in [0.1, 0.15) is 5.56 Å². The third-order valence-corrected chi connectivity index (χ3v) is 4.87. The molecule has 3 heterocycles. The van der Waals surface area contributed by atoms with Crippen LogP contribution in [-0.2, 0) is 24.6 Å². The van der Waals surface area contributed by atoms with Crippen LogP contribution >= 0.6 is 0 Å². The van der Waals surface area contributed by atoms with E-state index in [4.69, 9.17) is 14.6 Å². The summed E-state index contributed by atoms with van der Waals surface area (Å²) in [5.41, 5.74) is 1.80. The van der Waals surface area contributed by atoms with E-state index in [1.165, 1.54) is 11.9 Å². The highest BCUT2D eigenvalue weighted by Crippen LogP contribution is 2.16. The number of fused-ring (bicyclic) bond motifs is 2. The average Bonchev–Trinajstić information content (AvgIpc) is 3.16. The summed E-state index contributed by atoms with van der Waals surface area (Å²) in [5.74, 6) is 1.36. The van der Waals surface area contributed by atoms with Crippen LogP contribution in [0.3, 0.4) is 0 Å². The topological polar surface area (TPSA) is 107 Å². The molecule has 1 aliphatic heterocycles. The Kier molecular flexibility index (Phi) is 5.74. The molecule has 0 aliphatic carbocycles. The SMILES string of the molecule is COc1ccc(CCN2CNc3nc4c(ncn4COCCO)c(=O)n3C2)cc1. The lowest BCUT2D eigenvalue weighted by Crippen LogP contribution is -2.43. The fourth-order valence-corrected chi connectivity index (χ4v) is 3.28.